The lowest BCUT2D eigenvalue weighted by molar-refractivity contribution is 0.104. The number of rotatable bonds is 2. The lowest BCUT2D eigenvalue weighted by atomic mass is 10.1. The van der Waals surface area contributed by atoms with Gasteiger partial charge in [0.25, 0.3) is 0 Å². The van der Waals surface area contributed by atoms with Crippen LogP contribution >= 0.6 is 43.2 Å². The first-order valence-corrected chi connectivity index (χ1v) is 7.25. The van der Waals surface area contributed by atoms with E-state index in [9.17, 15) is 4.79 Å². The Hall–Kier alpha value is -0.650. The number of carbonyl (C=O) groups is 1. The highest BCUT2D eigenvalue weighted by molar-refractivity contribution is 9.13. The summed E-state index contributed by atoms with van der Waals surface area (Å²) in [6.07, 6.45) is 0. The normalized spacial score (nSPS) is 10.5. The Morgan fingerprint density at radius 3 is 2.53 bits per heavy atom. The fourth-order valence-corrected chi connectivity index (χ4v) is 3.42. The molecule has 2 nitrogen and oxygen atoms in total. The van der Waals surface area contributed by atoms with Crippen molar-refractivity contribution < 1.29 is 4.79 Å². The average molecular weight is 375 g/mol. The smallest absolute Gasteiger partial charge is 0.203 e. The van der Waals surface area contributed by atoms with E-state index >= 15 is 0 Å². The van der Waals surface area contributed by atoms with Crippen LogP contribution in [-0.4, -0.2) is 5.78 Å². The minimum Gasteiger partial charge on any atom is -0.399 e. The van der Waals surface area contributed by atoms with Crippen molar-refractivity contribution in [2.75, 3.05) is 5.73 Å². The number of hydrogen-bond acceptors (Lipinski definition) is 3. The van der Waals surface area contributed by atoms with Crippen molar-refractivity contribution in [1.82, 2.24) is 0 Å². The average Bonchev–Trinajstić information content (AvgIpc) is 2.62. The van der Waals surface area contributed by atoms with Gasteiger partial charge in [0.1, 0.15) is 0 Å². The van der Waals surface area contributed by atoms with Crippen molar-refractivity contribution in [3.8, 4) is 0 Å². The summed E-state index contributed by atoms with van der Waals surface area (Å²) in [6.45, 7) is 1.90. The van der Waals surface area contributed by atoms with E-state index in [1.807, 2.05) is 19.1 Å². The molecule has 1 aromatic heterocycles. The number of aryl methyl sites for hydroxylation is 1. The number of ketones is 1. The minimum atomic E-state index is 0.0181. The highest BCUT2D eigenvalue weighted by Gasteiger charge is 2.14. The molecule has 0 fully saturated rings. The van der Waals surface area contributed by atoms with Crippen molar-refractivity contribution in [3.63, 3.8) is 0 Å². The molecule has 0 saturated carbocycles. The molecule has 0 atom stereocenters. The van der Waals surface area contributed by atoms with Crippen molar-refractivity contribution in [2.45, 2.75) is 6.92 Å². The standard InChI is InChI=1S/C12H9Br2NOS/c1-6-4-7(2-3-9(6)15)11(16)10-5-8(13)12(14)17-10/h2-5H,15H2,1H3. The van der Waals surface area contributed by atoms with E-state index in [0.717, 1.165) is 13.8 Å². The van der Waals surface area contributed by atoms with Crippen LogP contribution in [0.4, 0.5) is 5.69 Å². The number of nitrogen functional groups attached to an aromatic ring is 1. The number of anilines is 1. The zero-order valence-electron chi connectivity index (χ0n) is 8.96. The van der Waals surface area contributed by atoms with Crippen molar-refractivity contribution in [3.05, 3.63) is 48.5 Å². The van der Waals surface area contributed by atoms with Crippen LogP contribution < -0.4 is 5.73 Å². The van der Waals surface area contributed by atoms with Gasteiger partial charge in [0.2, 0.25) is 5.78 Å². The van der Waals surface area contributed by atoms with Gasteiger partial charge in [-0.05, 0) is 68.6 Å². The molecule has 0 aliphatic heterocycles. The van der Waals surface area contributed by atoms with E-state index in [4.69, 9.17) is 5.73 Å². The molecule has 2 N–H and O–H groups in total. The van der Waals surface area contributed by atoms with Gasteiger partial charge in [-0.3, -0.25) is 4.79 Å². The number of carbonyl (C=O) groups excluding carboxylic acids is 1. The second-order valence-electron chi connectivity index (χ2n) is 3.63. The van der Waals surface area contributed by atoms with Gasteiger partial charge in [-0.25, -0.2) is 0 Å². The number of benzene rings is 1. The molecule has 0 amide bonds. The minimum absolute atomic E-state index is 0.0181. The van der Waals surface area contributed by atoms with Crippen LogP contribution in [0.2, 0.25) is 0 Å². The maximum Gasteiger partial charge on any atom is 0.203 e. The van der Waals surface area contributed by atoms with Crippen LogP contribution in [0.15, 0.2) is 32.5 Å². The van der Waals surface area contributed by atoms with Gasteiger partial charge in [0, 0.05) is 15.7 Å². The van der Waals surface area contributed by atoms with Gasteiger partial charge in [-0.1, -0.05) is 0 Å². The molecule has 0 radical (unpaired) electrons. The summed E-state index contributed by atoms with van der Waals surface area (Å²) in [5, 5.41) is 0. The number of thiophene rings is 1. The van der Waals surface area contributed by atoms with Gasteiger partial charge < -0.3 is 5.73 Å². The SMILES string of the molecule is Cc1cc(C(=O)c2cc(Br)c(Br)s2)ccc1N. The number of nitrogens with two attached hydrogens (primary N) is 1. The zero-order valence-corrected chi connectivity index (χ0v) is 12.9. The van der Waals surface area contributed by atoms with Crippen molar-refractivity contribution in [1.29, 1.82) is 0 Å². The van der Waals surface area contributed by atoms with E-state index in [1.165, 1.54) is 11.3 Å². The first-order valence-electron chi connectivity index (χ1n) is 4.84. The Bertz CT molecular complexity index is 573. The largest absolute Gasteiger partial charge is 0.399 e. The molecule has 5 heteroatoms. The summed E-state index contributed by atoms with van der Waals surface area (Å²) in [6, 6.07) is 7.16. The van der Waals surface area contributed by atoms with E-state index in [1.54, 1.807) is 12.1 Å². The highest BCUT2D eigenvalue weighted by Crippen LogP contribution is 2.33. The molecular formula is C12H9Br2NOS. The van der Waals surface area contributed by atoms with Gasteiger partial charge in [-0.2, -0.15) is 0 Å². The lowest BCUT2D eigenvalue weighted by Gasteiger charge is -2.02. The first-order chi connectivity index (χ1) is 7.99. The summed E-state index contributed by atoms with van der Waals surface area (Å²) in [4.78, 5) is 12.9. The third kappa shape index (κ3) is 2.61. The van der Waals surface area contributed by atoms with Crippen LogP contribution in [-0.2, 0) is 0 Å². The Morgan fingerprint density at radius 1 is 1.29 bits per heavy atom. The predicted molar refractivity (Wildman–Crippen MR) is 78.7 cm³/mol. The van der Waals surface area contributed by atoms with Crippen molar-refractivity contribution >= 4 is 54.7 Å². The summed E-state index contributed by atoms with van der Waals surface area (Å²) in [5.74, 6) is 0.0181. The fourth-order valence-electron chi connectivity index (χ4n) is 1.42. The van der Waals surface area contributed by atoms with E-state index in [2.05, 4.69) is 31.9 Å². The van der Waals surface area contributed by atoms with Crippen LogP contribution in [0.1, 0.15) is 20.8 Å². The molecule has 1 heterocycles. The molecule has 2 rings (SSSR count). The van der Waals surface area contributed by atoms with E-state index in [0.29, 0.717) is 16.1 Å². The Morgan fingerprint density at radius 2 is 2.00 bits per heavy atom. The van der Waals surface area contributed by atoms with Crippen molar-refractivity contribution in [2.24, 2.45) is 0 Å². The molecule has 0 saturated heterocycles. The maximum atomic E-state index is 12.2. The number of halogens is 2. The maximum absolute atomic E-state index is 12.2. The van der Waals surface area contributed by atoms with Gasteiger partial charge in [0.15, 0.2) is 0 Å². The van der Waals surface area contributed by atoms with Gasteiger partial charge >= 0.3 is 0 Å². The molecule has 2 aromatic rings. The van der Waals surface area contributed by atoms with Crippen LogP contribution in [0, 0.1) is 6.92 Å². The summed E-state index contributed by atoms with van der Waals surface area (Å²) >= 11 is 8.17. The second-order valence-corrected chi connectivity index (χ2v) is 6.86. The monoisotopic (exact) mass is 373 g/mol. The Balaban J connectivity index is 2.40. The third-order valence-corrected chi connectivity index (χ3v) is 5.66. The summed E-state index contributed by atoms with van der Waals surface area (Å²) < 4.78 is 1.83. The third-order valence-electron chi connectivity index (χ3n) is 2.40. The molecular weight excluding hydrogens is 366 g/mol. The molecule has 0 unspecified atom stereocenters. The molecule has 0 aliphatic carbocycles. The molecule has 0 bridgehead atoms. The summed E-state index contributed by atoms with van der Waals surface area (Å²) in [5.41, 5.74) is 8.02. The van der Waals surface area contributed by atoms with Crippen LogP contribution in [0.25, 0.3) is 0 Å². The van der Waals surface area contributed by atoms with E-state index < -0.39 is 0 Å². The lowest BCUT2D eigenvalue weighted by Crippen LogP contribution is -2.00. The number of hydrogen-bond donors (Lipinski definition) is 1. The summed E-state index contributed by atoms with van der Waals surface area (Å²) in [7, 11) is 0. The first kappa shape index (κ1) is 12.8. The molecule has 17 heavy (non-hydrogen) atoms. The topological polar surface area (TPSA) is 43.1 Å². The van der Waals surface area contributed by atoms with Gasteiger partial charge in [0.05, 0.1) is 8.66 Å². The van der Waals surface area contributed by atoms with Crippen LogP contribution in [0.3, 0.4) is 0 Å². The molecule has 0 spiro atoms. The fraction of sp³-hybridized carbons (Fsp3) is 0.0833. The quantitative estimate of drug-likeness (QED) is 0.625. The van der Waals surface area contributed by atoms with E-state index in [-0.39, 0.29) is 5.78 Å². The predicted octanol–water partition coefficient (Wildman–Crippen LogP) is 4.39. The highest BCUT2D eigenvalue weighted by atomic mass is 79.9. The van der Waals surface area contributed by atoms with Gasteiger partial charge in [-0.15, -0.1) is 11.3 Å². The molecule has 0 aliphatic rings. The Kier molecular flexibility index (Phi) is 3.70. The molecule has 1 aromatic carbocycles. The molecule has 88 valence electrons. The van der Waals surface area contributed by atoms with Crippen LogP contribution in [0.5, 0.6) is 0 Å². The second kappa shape index (κ2) is 4.92. The zero-order chi connectivity index (χ0) is 12.6. The Labute approximate surface area is 120 Å².